The second-order valence-electron chi connectivity index (χ2n) is 10.1. The monoisotopic (exact) mass is 696 g/mol. The Labute approximate surface area is 272 Å². The molecule has 2 fully saturated rings. The summed E-state index contributed by atoms with van der Waals surface area (Å²) in [6.07, 6.45) is 1.55. The zero-order valence-corrected chi connectivity index (χ0v) is 26.7. The molecule has 2 saturated heterocycles. The molecule has 0 spiro atoms. The highest BCUT2D eigenvalue weighted by molar-refractivity contribution is 9.10. The van der Waals surface area contributed by atoms with E-state index in [-0.39, 0.29) is 29.7 Å². The summed E-state index contributed by atoms with van der Waals surface area (Å²) in [4.78, 5) is 56.4. The smallest absolute Gasteiger partial charge is 0.294 e. The van der Waals surface area contributed by atoms with Gasteiger partial charge in [-0.3, -0.25) is 24.1 Å². The Morgan fingerprint density at radius 1 is 0.978 bits per heavy atom. The minimum Gasteiger partial charge on any atom is -0.490 e. The molecule has 13 heteroatoms. The van der Waals surface area contributed by atoms with Crippen LogP contribution in [-0.2, 0) is 14.4 Å². The molecule has 2 aliphatic heterocycles. The van der Waals surface area contributed by atoms with Crippen LogP contribution in [0.3, 0.4) is 0 Å². The molecule has 0 radical (unpaired) electrons. The third-order valence-corrected chi connectivity index (χ3v) is 8.65. The normalized spacial score (nSPS) is 15.9. The fourth-order valence-corrected chi connectivity index (χ4v) is 6.05. The first-order chi connectivity index (χ1) is 21.7. The lowest BCUT2D eigenvalue weighted by Gasteiger charge is -2.36. The predicted molar refractivity (Wildman–Crippen MR) is 174 cm³/mol. The van der Waals surface area contributed by atoms with Crippen molar-refractivity contribution in [2.45, 2.75) is 6.92 Å². The van der Waals surface area contributed by atoms with E-state index in [1.165, 1.54) is 24.3 Å². The van der Waals surface area contributed by atoms with Crippen LogP contribution in [0.25, 0.3) is 6.08 Å². The van der Waals surface area contributed by atoms with Gasteiger partial charge in [0.15, 0.2) is 18.1 Å². The summed E-state index contributed by atoms with van der Waals surface area (Å²) in [6, 6.07) is 18.5. The van der Waals surface area contributed by atoms with E-state index in [4.69, 9.17) is 9.47 Å². The van der Waals surface area contributed by atoms with Crippen LogP contribution in [0, 0.1) is 5.82 Å². The molecule has 3 aromatic rings. The molecule has 1 N–H and O–H groups in total. The number of hydrogen-bond donors (Lipinski definition) is 1. The van der Waals surface area contributed by atoms with Crippen LogP contribution in [0.15, 0.2) is 76.1 Å². The van der Waals surface area contributed by atoms with Crippen molar-refractivity contribution < 1.29 is 33.0 Å². The SMILES string of the molecule is CCOc1cc(/C=C2/SC(=O)N(CC(=O)N3CCN(c4ccccc4)CC3)C2=O)c(Br)cc1OCC(=O)Nc1ccc(F)cc1. The standard InChI is InChI=1S/C32H30BrFN4O6S/c1-2-43-26-16-21(25(33)18-27(26)44-20-29(39)35-23-10-8-22(34)9-11-23)17-28-31(41)38(32(42)45-28)19-30(40)37-14-12-36(13-15-37)24-6-4-3-5-7-24/h3-11,16-18H,2,12-15,19-20H2,1H3,(H,35,39)/b28-17+. The molecule has 45 heavy (non-hydrogen) atoms. The number of para-hydroxylation sites is 1. The Morgan fingerprint density at radius 3 is 2.36 bits per heavy atom. The largest absolute Gasteiger partial charge is 0.490 e. The number of amides is 4. The molecule has 4 amide bonds. The highest BCUT2D eigenvalue weighted by Gasteiger charge is 2.37. The number of nitrogens with zero attached hydrogens (tertiary/aromatic N) is 3. The molecular weight excluding hydrogens is 667 g/mol. The number of rotatable bonds is 10. The average molecular weight is 698 g/mol. The number of imide groups is 1. The number of anilines is 2. The third-order valence-electron chi connectivity index (χ3n) is 7.06. The number of carbonyl (C=O) groups is 4. The number of halogens is 2. The van der Waals surface area contributed by atoms with E-state index in [1.807, 2.05) is 30.3 Å². The van der Waals surface area contributed by atoms with Crippen LogP contribution < -0.4 is 19.7 Å². The molecule has 5 rings (SSSR count). The van der Waals surface area contributed by atoms with Gasteiger partial charge in [-0.15, -0.1) is 0 Å². The second kappa shape index (κ2) is 14.6. The van der Waals surface area contributed by atoms with E-state index in [1.54, 1.807) is 30.0 Å². The van der Waals surface area contributed by atoms with Crippen molar-refractivity contribution in [3.05, 3.63) is 87.5 Å². The van der Waals surface area contributed by atoms with E-state index < -0.39 is 22.9 Å². The molecule has 0 bridgehead atoms. The van der Waals surface area contributed by atoms with Gasteiger partial charge in [0.05, 0.1) is 11.5 Å². The summed E-state index contributed by atoms with van der Waals surface area (Å²) in [7, 11) is 0. The Morgan fingerprint density at radius 2 is 1.67 bits per heavy atom. The molecule has 0 aromatic heterocycles. The zero-order valence-electron chi connectivity index (χ0n) is 24.3. The van der Waals surface area contributed by atoms with Crippen molar-refractivity contribution in [3.63, 3.8) is 0 Å². The molecule has 0 saturated carbocycles. The Kier molecular flexibility index (Phi) is 10.4. The van der Waals surface area contributed by atoms with Crippen LogP contribution in [0.5, 0.6) is 11.5 Å². The van der Waals surface area contributed by atoms with Crippen LogP contribution in [-0.4, -0.2) is 78.7 Å². The molecular formula is C32H30BrFN4O6S. The van der Waals surface area contributed by atoms with Crippen LogP contribution in [0.4, 0.5) is 20.6 Å². The second-order valence-corrected chi connectivity index (χ2v) is 11.9. The van der Waals surface area contributed by atoms with Crippen molar-refractivity contribution >= 4 is 68.1 Å². The molecule has 2 aliphatic rings. The Balaban J connectivity index is 1.21. The Bertz CT molecular complexity index is 1610. The van der Waals surface area contributed by atoms with E-state index in [0.29, 0.717) is 54.3 Å². The zero-order chi connectivity index (χ0) is 31.9. The van der Waals surface area contributed by atoms with Gasteiger partial charge in [0.25, 0.3) is 17.1 Å². The number of ether oxygens (including phenoxy) is 2. The van der Waals surface area contributed by atoms with Gasteiger partial charge in [-0.25, -0.2) is 4.39 Å². The third kappa shape index (κ3) is 8.03. The van der Waals surface area contributed by atoms with Crippen molar-refractivity contribution in [1.29, 1.82) is 0 Å². The van der Waals surface area contributed by atoms with Crippen LogP contribution in [0.1, 0.15) is 12.5 Å². The van der Waals surface area contributed by atoms with Gasteiger partial charge in [0.2, 0.25) is 5.91 Å². The maximum Gasteiger partial charge on any atom is 0.294 e. The van der Waals surface area contributed by atoms with Gasteiger partial charge in [0, 0.05) is 42.0 Å². The van der Waals surface area contributed by atoms with Gasteiger partial charge in [0.1, 0.15) is 12.4 Å². The molecule has 3 aromatic carbocycles. The maximum absolute atomic E-state index is 13.2. The summed E-state index contributed by atoms with van der Waals surface area (Å²) in [5, 5.41) is 2.10. The van der Waals surface area contributed by atoms with Gasteiger partial charge in [-0.05, 0) is 78.9 Å². The van der Waals surface area contributed by atoms with Crippen molar-refractivity contribution in [2.75, 3.05) is 56.2 Å². The summed E-state index contributed by atoms with van der Waals surface area (Å²) in [5.41, 5.74) is 2.05. The lowest BCUT2D eigenvalue weighted by atomic mass is 10.1. The fraction of sp³-hybridized carbons (Fsp3) is 0.250. The quantitative estimate of drug-likeness (QED) is 0.281. The molecule has 10 nitrogen and oxygen atoms in total. The fourth-order valence-electron chi connectivity index (χ4n) is 4.78. The lowest BCUT2D eigenvalue weighted by molar-refractivity contribution is -0.136. The van der Waals surface area contributed by atoms with Crippen LogP contribution >= 0.6 is 27.7 Å². The molecule has 0 aliphatic carbocycles. The average Bonchev–Trinajstić information content (AvgIpc) is 3.30. The number of piperazine rings is 1. The Hall–Kier alpha value is -4.36. The van der Waals surface area contributed by atoms with Gasteiger partial charge >= 0.3 is 0 Å². The van der Waals surface area contributed by atoms with E-state index in [0.717, 1.165) is 22.3 Å². The van der Waals surface area contributed by atoms with Crippen LogP contribution in [0.2, 0.25) is 0 Å². The van der Waals surface area contributed by atoms with E-state index in [2.05, 4.69) is 26.1 Å². The van der Waals surface area contributed by atoms with Gasteiger partial charge in [-0.2, -0.15) is 0 Å². The van der Waals surface area contributed by atoms with Gasteiger partial charge < -0.3 is 24.6 Å². The molecule has 234 valence electrons. The topological polar surface area (TPSA) is 108 Å². The first-order valence-corrected chi connectivity index (χ1v) is 15.8. The minimum absolute atomic E-state index is 0.164. The first-order valence-electron chi connectivity index (χ1n) is 14.2. The van der Waals surface area contributed by atoms with Crippen molar-refractivity contribution in [3.8, 4) is 11.5 Å². The summed E-state index contributed by atoms with van der Waals surface area (Å²) >= 11 is 4.23. The van der Waals surface area contributed by atoms with Gasteiger partial charge in [-0.1, -0.05) is 34.1 Å². The summed E-state index contributed by atoms with van der Waals surface area (Å²) in [5.74, 6) is -1.10. The van der Waals surface area contributed by atoms with E-state index >= 15 is 0 Å². The minimum atomic E-state index is -0.552. The number of carbonyl (C=O) groups excluding carboxylic acids is 4. The first kappa shape index (κ1) is 32.0. The summed E-state index contributed by atoms with van der Waals surface area (Å²) < 4.78 is 25.1. The number of benzene rings is 3. The summed E-state index contributed by atoms with van der Waals surface area (Å²) in [6.45, 7) is 3.74. The maximum atomic E-state index is 13.2. The highest BCUT2D eigenvalue weighted by Crippen LogP contribution is 2.38. The number of thioether (sulfide) groups is 1. The number of hydrogen-bond acceptors (Lipinski definition) is 8. The lowest BCUT2D eigenvalue weighted by Crippen LogP contribution is -2.51. The van der Waals surface area contributed by atoms with E-state index in [9.17, 15) is 23.6 Å². The highest BCUT2D eigenvalue weighted by atomic mass is 79.9. The predicted octanol–water partition coefficient (Wildman–Crippen LogP) is 5.39. The van der Waals surface area contributed by atoms with Crippen molar-refractivity contribution in [1.82, 2.24) is 9.80 Å². The van der Waals surface area contributed by atoms with Crippen molar-refractivity contribution in [2.24, 2.45) is 0 Å². The number of nitrogens with one attached hydrogen (secondary N) is 1. The molecule has 0 atom stereocenters. The molecule has 2 heterocycles. The molecule has 0 unspecified atom stereocenters.